The number of hydrogen-bond donors (Lipinski definition) is 1. The fourth-order valence-electron chi connectivity index (χ4n) is 2.19. The van der Waals surface area contributed by atoms with Gasteiger partial charge in [-0.2, -0.15) is 0 Å². The van der Waals surface area contributed by atoms with E-state index < -0.39 is 0 Å². The van der Waals surface area contributed by atoms with E-state index in [9.17, 15) is 4.39 Å². The summed E-state index contributed by atoms with van der Waals surface area (Å²) in [4.78, 5) is 4.51. The van der Waals surface area contributed by atoms with E-state index in [1.165, 1.54) is 6.07 Å². The van der Waals surface area contributed by atoms with E-state index in [-0.39, 0.29) is 11.9 Å². The minimum Gasteiger partial charge on any atom is -0.305 e. The van der Waals surface area contributed by atoms with Gasteiger partial charge in [-0.15, -0.1) is 0 Å². The molecule has 1 N–H and O–H groups in total. The molecular weight excluding hydrogens is 239 g/mol. The van der Waals surface area contributed by atoms with Crippen LogP contribution in [0.3, 0.4) is 0 Å². The molecule has 0 saturated carbocycles. The summed E-state index contributed by atoms with van der Waals surface area (Å²) in [5.74, 6) is -0.195. The molecule has 3 heteroatoms. The Balaban J connectivity index is 2.48. The smallest absolute Gasteiger partial charge is 0.128 e. The molecule has 100 valence electrons. The van der Waals surface area contributed by atoms with Crippen molar-refractivity contribution in [1.82, 2.24) is 10.3 Å². The van der Waals surface area contributed by atoms with Gasteiger partial charge in [-0.3, -0.25) is 4.98 Å². The Morgan fingerprint density at radius 2 is 2.00 bits per heavy atom. The normalized spacial score (nSPS) is 12.4. The first-order valence-corrected chi connectivity index (χ1v) is 6.54. The summed E-state index contributed by atoms with van der Waals surface area (Å²) < 4.78 is 14.1. The van der Waals surface area contributed by atoms with Crippen molar-refractivity contribution in [1.29, 1.82) is 0 Å². The second-order valence-electron chi connectivity index (χ2n) is 4.72. The number of aryl methyl sites for hydroxylation is 2. The van der Waals surface area contributed by atoms with Crippen molar-refractivity contribution in [3.8, 4) is 0 Å². The number of halogens is 1. The Bertz CT molecular complexity index is 566. The van der Waals surface area contributed by atoms with Crippen LogP contribution in [0.25, 0.3) is 0 Å². The highest BCUT2D eigenvalue weighted by atomic mass is 19.1. The summed E-state index contributed by atoms with van der Waals surface area (Å²) in [6.07, 6.45) is 0. The maximum atomic E-state index is 14.1. The van der Waals surface area contributed by atoms with Gasteiger partial charge < -0.3 is 5.32 Å². The van der Waals surface area contributed by atoms with Crippen molar-refractivity contribution >= 4 is 0 Å². The van der Waals surface area contributed by atoms with Crippen LogP contribution < -0.4 is 5.32 Å². The first-order valence-electron chi connectivity index (χ1n) is 6.54. The molecule has 0 aliphatic heterocycles. The number of rotatable bonds is 4. The van der Waals surface area contributed by atoms with Gasteiger partial charge in [0.25, 0.3) is 0 Å². The van der Waals surface area contributed by atoms with Crippen LogP contribution in [0.2, 0.25) is 0 Å². The van der Waals surface area contributed by atoms with Crippen molar-refractivity contribution in [2.45, 2.75) is 26.8 Å². The van der Waals surface area contributed by atoms with Gasteiger partial charge in [0.15, 0.2) is 0 Å². The Morgan fingerprint density at radius 1 is 1.21 bits per heavy atom. The summed E-state index contributed by atoms with van der Waals surface area (Å²) in [5, 5.41) is 3.31. The van der Waals surface area contributed by atoms with Crippen molar-refractivity contribution < 1.29 is 4.39 Å². The summed E-state index contributed by atoms with van der Waals surface area (Å²) in [6.45, 7) is 6.68. The van der Waals surface area contributed by atoms with Gasteiger partial charge in [-0.25, -0.2) is 4.39 Å². The van der Waals surface area contributed by atoms with Gasteiger partial charge in [-0.1, -0.05) is 30.7 Å². The molecular formula is C16H19FN2. The molecule has 1 unspecified atom stereocenters. The van der Waals surface area contributed by atoms with Crippen LogP contribution in [0.4, 0.5) is 4.39 Å². The minimum atomic E-state index is -0.204. The van der Waals surface area contributed by atoms with Gasteiger partial charge in [0.2, 0.25) is 0 Å². The van der Waals surface area contributed by atoms with Crippen LogP contribution in [-0.4, -0.2) is 11.5 Å². The third-order valence-electron chi connectivity index (χ3n) is 3.08. The second kappa shape index (κ2) is 5.93. The van der Waals surface area contributed by atoms with Crippen LogP contribution in [0, 0.1) is 19.7 Å². The Labute approximate surface area is 113 Å². The molecule has 0 radical (unpaired) electrons. The molecule has 0 aliphatic rings. The number of hydrogen-bond acceptors (Lipinski definition) is 2. The molecule has 1 aromatic heterocycles. The molecule has 1 aromatic carbocycles. The summed E-state index contributed by atoms with van der Waals surface area (Å²) in [7, 11) is 0. The average Bonchev–Trinajstić information content (AvgIpc) is 2.39. The number of aromatic nitrogens is 1. The van der Waals surface area contributed by atoms with Crippen molar-refractivity contribution in [3.63, 3.8) is 0 Å². The lowest BCUT2D eigenvalue weighted by Crippen LogP contribution is -2.24. The quantitative estimate of drug-likeness (QED) is 0.907. The maximum absolute atomic E-state index is 14.1. The highest BCUT2D eigenvalue weighted by molar-refractivity contribution is 5.32. The molecule has 0 amide bonds. The maximum Gasteiger partial charge on any atom is 0.128 e. The van der Waals surface area contributed by atoms with Crippen LogP contribution in [0.1, 0.15) is 35.5 Å². The third kappa shape index (κ3) is 3.18. The lowest BCUT2D eigenvalue weighted by molar-refractivity contribution is 0.551. The lowest BCUT2D eigenvalue weighted by atomic mass is 10.00. The Morgan fingerprint density at radius 3 is 2.68 bits per heavy atom. The highest BCUT2D eigenvalue weighted by Gasteiger charge is 2.18. The molecule has 2 nitrogen and oxygen atoms in total. The van der Waals surface area contributed by atoms with Crippen LogP contribution >= 0.6 is 0 Å². The molecule has 2 rings (SSSR count). The van der Waals surface area contributed by atoms with Gasteiger partial charge in [0.1, 0.15) is 5.82 Å². The summed E-state index contributed by atoms with van der Waals surface area (Å²) in [5.41, 5.74) is 3.49. The fraction of sp³-hybridized carbons (Fsp3) is 0.312. The molecule has 1 atom stereocenters. The van der Waals surface area contributed by atoms with E-state index >= 15 is 0 Å². The molecule has 0 fully saturated rings. The van der Waals surface area contributed by atoms with E-state index in [2.05, 4.69) is 10.3 Å². The van der Waals surface area contributed by atoms with E-state index in [1.54, 1.807) is 6.07 Å². The summed E-state index contributed by atoms with van der Waals surface area (Å²) >= 11 is 0. The molecule has 0 aliphatic carbocycles. The molecule has 0 bridgehead atoms. The standard InChI is InChI=1S/C16H19FN2/c1-4-18-16(15-7-5-6-12(3)19-15)13-10-11(2)8-9-14(13)17/h5-10,16,18H,4H2,1-3H3. The lowest BCUT2D eigenvalue weighted by Gasteiger charge is -2.19. The van der Waals surface area contributed by atoms with Gasteiger partial charge in [-0.05, 0) is 38.6 Å². The Hall–Kier alpha value is -1.74. The Kier molecular flexibility index (Phi) is 4.27. The molecule has 1 heterocycles. The summed E-state index contributed by atoms with van der Waals surface area (Å²) in [6, 6.07) is 10.8. The van der Waals surface area contributed by atoms with Crippen molar-refractivity contribution in [2.75, 3.05) is 6.54 Å². The predicted octanol–water partition coefficient (Wildman–Crippen LogP) is 3.54. The number of benzene rings is 1. The first-order chi connectivity index (χ1) is 9.11. The fourth-order valence-corrected chi connectivity index (χ4v) is 2.19. The van der Waals surface area contributed by atoms with E-state index in [4.69, 9.17) is 0 Å². The first kappa shape index (κ1) is 13.7. The molecule has 0 saturated heterocycles. The van der Waals surface area contributed by atoms with Crippen LogP contribution in [0.5, 0.6) is 0 Å². The van der Waals surface area contributed by atoms with E-state index in [0.29, 0.717) is 5.56 Å². The third-order valence-corrected chi connectivity index (χ3v) is 3.08. The van der Waals surface area contributed by atoms with Crippen LogP contribution in [-0.2, 0) is 0 Å². The number of pyridine rings is 1. The predicted molar refractivity (Wildman–Crippen MR) is 75.6 cm³/mol. The average molecular weight is 258 g/mol. The van der Waals surface area contributed by atoms with Gasteiger partial charge >= 0.3 is 0 Å². The zero-order valence-electron chi connectivity index (χ0n) is 11.6. The molecule has 0 spiro atoms. The zero-order valence-corrected chi connectivity index (χ0v) is 11.6. The minimum absolute atomic E-state index is 0.195. The molecule has 2 aromatic rings. The zero-order chi connectivity index (χ0) is 13.8. The van der Waals surface area contributed by atoms with E-state index in [1.807, 2.05) is 45.0 Å². The number of nitrogens with one attached hydrogen (secondary N) is 1. The van der Waals surface area contributed by atoms with Crippen LogP contribution in [0.15, 0.2) is 36.4 Å². The number of nitrogens with zero attached hydrogens (tertiary/aromatic N) is 1. The van der Waals surface area contributed by atoms with E-state index in [0.717, 1.165) is 23.5 Å². The highest BCUT2D eigenvalue weighted by Crippen LogP contribution is 2.24. The second-order valence-corrected chi connectivity index (χ2v) is 4.72. The largest absolute Gasteiger partial charge is 0.305 e. The van der Waals surface area contributed by atoms with Crippen molar-refractivity contribution in [2.24, 2.45) is 0 Å². The monoisotopic (exact) mass is 258 g/mol. The topological polar surface area (TPSA) is 24.9 Å². The van der Waals surface area contributed by atoms with Gasteiger partial charge in [0.05, 0.1) is 11.7 Å². The molecule has 19 heavy (non-hydrogen) atoms. The van der Waals surface area contributed by atoms with Crippen molar-refractivity contribution in [3.05, 3.63) is 64.7 Å². The SMILES string of the molecule is CCNC(c1cccc(C)n1)c1cc(C)ccc1F. The van der Waals surface area contributed by atoms with Gasteiger partial charge in [0, 0.05) is 11.3 Å².